The summed E-state index contributed by atoms with van der Waals surface area (Å²) >= 11 is 0. The highest BCUT2D eigenvalue weighted by atomic mass is 16.2. The van der Waals surface area contributed by atoms with Crippen LogP contribution in [0.2, 0.25) is 0 Å². The molecule has 0 aliphatic rings. The third-order valence-corrected chi connectivity index (χ3v) is 6.50. The SMILES string of the molecule is CC(C)(C)NC(=O)NCC(C)(CNC(=O)NC(C)(C)C)c1cccc(C(C)(CNC(=O)NC(C)(C)C)CNC(=O)NC(C)(C)C)n1. The van der Waals surface area contributed by atoms with Gasteiger partial charge in [0.05, 0.1) is 11.4 Å². The molecule has 0 aliphatic carbocycles. The van der Waals surface area contributed by atoms with Gasteiger partial charge in [-0.25, -0.2) is 19.2 Å². The molecule has 0 aliphatic heterocycles. The maximum absolute atomic E-state index is 12.8. The summed E-state index contributed by atoms with van der Waals surface area (Å²) in [5.41, 5.74) is -2.21. The van der Waals surface area contributed by atoms with Crippen LogP contribution < -0.4 is 42.5 Å². The Morgan fingerprint density at radius 2 is 0.674 bits per heavy atom. The number of pyridine rings is 1. The molecular weight excluding hydrogens is 586 g/mol. The van der Waals surface area contributed by atoms with Gasteiger partial charge in [0.2, 0.25) is 0 Å². The van der Waals surface area contributed by atoms with Crippen LogP contribution in [0.25, 0.3) is 0 Å². The van der Waals surface area contributed by atoms with E-state index in [1.165, 1.54) is 0 Å². The zero-order valence-corrected chi connectivity index (χ0v) is 30.6. The van der Waals surface area contributed by atoms with Gasteiger partial charge in [-0.2, -0.15) is 0 Å². The third-order valence-electron chi connectivity index (χ3n) is 6.50. The van der Waals surface area contributed by atoms with Crippen LogP contribution in [-0.4, -0.2) is 77.4 Å². The normalized spacial score (nSPS) is 12.8. The second-order valence-corrected chi connectivity index (χ2v) is 16.8. The summed E-state index contributed by atoms with van der Waals surface area (Å²) < 4.78 is 0. The van der Waals surface area contributed by atoms with E-state index in [4.69, 9.17) is 4.98 Å². The fraction of sp³-hybridized carbons (Fsp3) is 0.727. The van der Waals surface area contributed by atoms with Crippen molar-refractivity contribution in [2.45, 2.75) is 130 Å². The summed E-state index contributed by atoms with van der Waals surface area (Å²) in [5, 5.41) is 23.4. The molecule has 8 N–H and O–H groups in total. The number of urea groups is 4. The van der Waals surface area contributed by atoms with E-state index >= 15 is 0 Å². The summed E-state index contributed by atoms with van der Waals surface area (Å²) in [6.07, 6.45) is 0. The van der Waals surface area contributed by atoms with Gasteiger partial charge < -0.3 is 42.5 Å². The van der Waals surface area contributed by atoms with Crippen molar-refractivity contribution in [3.63, 3.8) is 0 Å². The van der Waals surface area contributed by atoms with Crippen LogP contribution in [0.4, 0.5) is 19.2 Å². The number of nitrogens with one attached hydrogen (secondary N) is 8. The zero-order chi connectivity index (χ0) is 35.8. The average Bonchev–Trinajstić information content (AvgIpc) is 2.84. The smallest absolute Gasteiger partial charge is 0.315 e. The number of rotatable bonds is 10. The Labute approximate surface area is 276 Å². The molecule has 0 saturated heterocycles. The van der Waals surface area contributed by atoms with Crippen molar-refractivity contribution in [1.82, 2.24) is 47.5 Å². The van der Waals surface area contributed by atoms with Gasteiger partial charge in [0.1, 0.15) is 0 Å². The molecule has 262 valence electrons. The van der Waals surface area contributed by atoms with Crippen LogP contribution in [0.1, 0.15) is 108 Å². The quantitative estimate of drug-likeness (QED) is 0.191. The van der Waals surface area contributed by atoms with E-state index in [0.29, 0.717) is 11.4 Å². The maximum atomic E-state index is 12.8. The average molecular weight is 648 g/mol. The highest BCUT2D eigenvalue weighted by molar-refractivity contribution is 5.76. The van der Waals surface area contributed by atoms with E-state index in [0.717, 1.165) is 0 Å². The van der Waals surface area contributed by atoms with Gasteiger partial charge in [-0.3, -0.25) is 4.98 Å². The standard InChI is InChI=1S/C33H61N9O4/c1-28(2,3)39-24(43)34-18-32(13,19-35-25(44)40-29(4,5)6)22-16-15-17-23(38-22)33(14,20-36-26(45)41-30(7,8)9)21-37-27(46)42-31(10,11)12/h15-17H,18-21H2,1-14H3,(H2,34,39,43)(H2,35,40,44)(H2,36,41,45)(H2,37,42,46). The summed E-state index contributed by atoms with van der Waals surface area (Å²) in [6, 6.07) is 4.16. The molecule has 1 heterocycles. The maximum Gasteiger partial charge on any atom is 0.315 e. The molecule has 1 aromatic rings. The number of nitrogens with zero attached hydrogens (tertiary/aromatic N) is 1. The lowest BCUT2D eigenvalue weighted by atomic mass is 9.82. The molecule has 0 aromatic carbocycles. The molecule has 0 bridgehead atoms. The van der Waals surface area contributed by atoms with Gasteiger partial charge in [0, 0.05) is 59.2 Å². The Morgan fingerprint density at radius 3 is 0.870 bits per heavy atom. The summed E-state index contributed by atoms with van der Waals surface area (Å²) in [7, 11) is 0. The van der Waals surface area contributed by atoms with Crippen LogP contribution in [-0.2, 0) is 10.8 Å². The topological polar surface area (TPSA) is 177 Å². The minimum absolute atomic E-state index is 0.163. The Kier molecular flexibility index (Phi) is 13.3. The minimum atomic E-state index is -0.838. The molecule has 0 saturated carbocycles. The Bertz CT molecular complexity index is 1050. The van der Waals surface area contributed by atoms with E-state index in [2.05, 4.69) is 42.5 Å². The van der Waals surface area contributed by atoms with Gasteiger partial charge in [-0.05, 0) is 95.2 Å². The first kappa shape index (κ1) is 40.3. The van der Waals surface area contributed by atoms with Gasteiger partial charge in [0.25, 0.3) is 0 Å². The van der Waals surface area contributed by atoms with E-state index in [9.17, 15) is 19.2 Å². The van der Waals surface area contributed by atoms with Gasteiger partial charge >= 0.3 is 24.1 Å². The number of carbonyl (C=O) groups excluding carboxylic acids is 4. The molecular formula is C33H61N9O4. The second-order valence-electron chi connectivity index (χ2n) is 16.8. The van der Waals surface area contributed by atoms with Crippen LogP contribution in [0.3, 0.4) is 0 Å². The molecule has 1 aromatic heterocycles. The molecule has 46 heavy (non-hydrogen) atoms. The van der Waals surface area contributed by atoms with E-state index < -0.39 is 33.0 Å². The first-order chi connectivity index (χ1) is 20.6. The van der Waals surface area contributed by atoms with Crippen molar-refractivity contribution >= 4 is 24.1 Å². The van der Waals surface area contributed by atoms with Gasteiger partial charge in [-0.15, -0.1) is 0 Å². The van der Waals surface area contributed by atoms with Crippen molar-refractivity contribution < 1.29 is 19.2 Å². The predicted octanol–water partition coefficient (Wildman–Crippen LogP) is 3.99. The predicted molar refractivity (Wildman–Crippen MR) is 184 cm³/mol. The number of hydrogen-bond donors (Lipinski definition) is 8. The summed E-state index contributed by atoms with van der Waals surface area (Å²) in [4.78, 5) is 56.0. The molecule has 1 rings (SSSR count). The van der Waals surface area contributed by atoms with Crippen LogP contribution >= 0.6 is 0 Å². The Balaban J connectivity index is 3.49. The zero-order valence-electron chi connectivity index (χ0n) is 30.6. The lowest BCUT2D eigenvalue weighted by Crippen LogP contribution is -2.55. The van der Waals surface area contributed by atoms with Crippen molar-refractivity contribution in [3.8, 4) is 0 Å². The lowest BCUT2D eigenvalue weighted by Gasteiger charge is -2.34. The highest BCUT2D eigenvalue weighted by Gasteiger charge is 2.35. The van der Waals surface area contributed by atoms with Crippen molar-refractivity contribution in [1.29, 1.82) is 0 Å². The van der Waals surface area contributed by atoms with E-state index in [1.54, 1.807) is 0 Å². The van der Waals surface area contributed by atoms with Crippen molar-refractivity contribution in [2.75, 3.05) is 26.2 Å². The van der Waals surface area contributed by atoms with Crippen LogP contribution in [0.5, 0.6) is 0 Å². The molecule has 13 nitrogen and oxygen atoms in total. The first-order valence-corrected chi connectivity index (χ1v) is 15.8. The first-order valence-electron chi connectivity index (χ1n) is 15.8. The van der Waals surface area contributed by atoms with Crippen molar-refractivity contribution in [2.24, 2.45) is 0 Å². The van der Waals surface area contributed by atoms with Gasteiger partial charge in [0.15, 0.2) is 0 Å². The number of amides is 8. The molecule has 0 radical (unpaired) electrons. The Hall–Kier alpha value is -3.77. The van der Waals surface area contributed by atoms with Crippen LogP contribution in [0, 0.1) is 0 Å². The number of carbonyl (C=O) groups is 4. The van der Waals surface area contributed by atoms with Gasteiger partial charge in [-0.1, -0.05) is 19.9 Å². The highest BCUT2D eigenvalue weighted by Crippen LogP contribution is 2.26. The lowest BCUT2D eigenvalue weighted by molar-refractivity contribution is 0.223. The molecule has 8 amide bonds. The summed E-state index contributed by atoms with van der Waals surface area (Å²) in [5.74, 6) is 0. The minimum Gasteiger partial charge on any atom is -0.337 e. The monoisotopic (exact) mass is 647 g/mol. The Morgan fingerprint density at radius 1 is 0.457 bits per heavy atom. The largest absolute Gasteiger partial charge is 0.337 e. The molecule has 0 spiro atoms. The fourth-order valence-corrected chi connectivity index (χ4v) is 4.23. The third kappa shape index (κ3) is 16.0. The summed E-state index contributed by atoms with van der Waals surface area (Å²) in [6.45, 7) is 27.2. The van der Waals surface area contributed by atoms with Crippen molar-refractivity contribution in [3.05, 3.63) is 29.6 Å². The number of aromatic nitrogens is 1. The van der Waals surface area contributed by atoms with Crippen LogP contribution in [0.15, 0.2) is 18.2 Å². The number of hydrogen-bond acceptors (Lipinski definition) is 5. The molecule has 0 fully saturated rings. The molecule has 13 heteroatoms. The fourth-order valence-electron chi connectivity index (χ4n) is 4.23. The second kappa shape index (κ2) is 15.2. The van der Waals surface area contributed by atoms with E-state index in [1.807, 2.05) is 115 Å². The van der Waals surface area contributed by atoms with E-state index in [-0.39, 0.29) is 50.3 Å². The molecule has 0 atom stereocenters. The molecule has 0 unspecified atom stereocenters.